The molecule has 4 aromatic rings. The van der Waals surface area contributed by atoms with Gasteiger partial charge in [-0.15, -0.1) is 0 Å². The third kappa shape index (κ3) is 2.36. The largest absolute Gasteiger partial charge is 0.477 e. The lowest BCUT2D eigenvalue weighted by Crippen LogP contribution is -2.41. The van der Waals surface area contributed by atoms with Crippen molar-refractivity contribution in [3.05, 3.63) is 71.1 Å². The fourth-order valence-electron chi connectivity index (χ4n) is 3.23. The molecule has 0 saturated heterocycles. The van der Waals surface area contributed by atoms with Crippen molar-refractivity contribution in [2.24, 2.45) is 0 Å². The number of nitrogens with zero attached hydrogens (tertiary/aromatic N) is 3. The smallest absolute Gasteiger partial charge is 0.354 e. The summed E-state index contributed by atoms with van der Waals surface area (Å²) in [5.74, 6) is -0.0184. The topological polar surface area (TPSA) is 58.5 Å². The average molecular weight is 332 g/mol. The zero-order valence-corrected chi connectivity index (χ0v) is 13.9. The Labute approximate surface area is 144 Å². The van der Waals surface area contributed by atoms with Crippen LogP contribution in [-0.4, -0.2) is 14.5 Å². The van der Waals surface area contributed by atoms with E-state index in [1.165, 1.54) is 0 Å². The van der Waals surface area contributed by atoms with Crippen molar-refractivity contribution >= 4 is 16.7 Å². The first-order valence-electron chi connectivity index (χ1n) is 8.33. The summed E-state index contributed by atoms with van der Waals surface area (Å²) in [4.78, 5) is 17.7. The Hall–Kier alpha value is -3.21. The van der Waals surface area contributed by atoms with Gasteiger partial charge < -0.3 is 5.11 Å². The van der Waals surface area contributed by atoms with Gasteiger partial charge in [-0.2, -0.15) is 8.97 Å². The van der Waals surface area contributed by atoms with Gasteiger partial charge in [-0.25, -0.2) is 9.78 Å². The Morgan fingerprint density at radius 3 is 2.56 bits per heavy atom. The molecule has 0 atom stereocenters. The molecular formula is C20H18N3O2+. The summed E-state index contributed by atoms with van der Waals surface area (Å²) in [6.45, 7) is 2.63. The molecule has 1 N–H and O–H groups in total. The van der Waals surface area contributed by atoms with Gasteiger partial charge in [0.05, 0.1) is 6.54 Å². The van der Waals surface area contributed by atoms with Crippen molar-refractivity contribution in [3.63, 3.8) is 0 Å². The van der Waals surface area contributed by atoms with Crippen LogP contribution in [0.25, 0.3) is 27.8 Å². The second-order valence-electron chi connectivity index (χ2n) is 5.96. The minimum atomic E-state index is -0.246. The van der Waals surface area contributed by atoms with Gasteiger partial charge in [0.2, 0.25) is 0 Å². The van der Waals surface area contributed by atoms with E-state index in [0.717, 1.165) is 17.5 Å². The van der Waals surface area contributed by atoms with Crippen LogP contribution >= 0.6 is 0 Å². The molecule has 0 amide bonds. The van der Waals surface area contributed by atoms with Crippen molar-refractivity contribution < 1.29 is 9.67 Å². The molecule has 4 rings (SSSR count). The van der Waals surface area contributed by atoms with Crippen LogP contribution in [0.2, 0.25) is 0 Å². The van der Waals surface area contributed by atoms with Crippen LogP contribution in [0.3, 0.4) is 0 Å². The molecular weight excluding hydrogens is 314 g/mol. The lowest BCUT2D eigenvalue weighted by Gasteiger charge is -2.10. The summed E-state index contributed by atoms with van der Waals surface area (Å²) in [6, 6.07) is 16.8. The number of aromatic hydroxyl groups is 1. The molecule has 0 aliphatic heterocycles. The predicted octanol–water partition coefficient (Wildman–Crippen LogP) is 2.92. The van der Waals surface area contributed by atoms with Gasteiger partial charge in [-0.05, 0) is 24.1 Å². The maximum absolute atomic E-state index is 13.3. The normalized spacial score (nSPS) is 11.2. The van der Waals surface area contributed by atoms with E-state index in [1.54, 1.807) is 15.2 Å². The van der Waals surface area contributed by atoms with Gasteiger partial charge in [0.1, 0.15) is 11.7 Å². The fourth-order valence-corrected chi connectivity index (χ4v) is 3.23. The number of benzene rings is 2. The number of rotatable bonds is 3. The van der Waals surface area contributed by atoms with E-state index in [9.17, 15) is 9.90 Å². The van der Waals surface area contributed by atoms with Gasteiger partial charge >= 0.3 is 11.2 Å². The van der Waals surface area contributed by atoms with Gasteiger partial charge in [0.25, 0.3) is 5.88 Å². The molecule has 0 spiro atoms. The van der Waals surface area contributed by atoms with Crippen molar-refractivity contribution in [1.82, 2.24) is 9.38 Å². The molecule has 2 aromatic carbocycles. The SMILES string of the molecule is CCC[n+]1c(O)c(-c2ccccc2)c(=O)n2c3ccccc3ncc21. The molecule has 0 saturated carbocycles. The summed E-state index contributed by atoms with van der Waals surface area (Å²) in [6.07, 6.45) is 2.47. The Bertz CT molecular complexity index is 1130. The van der Waals surface area contributed by atoms with Crippen molar-refractivity contribution in [2.75, 3.05) is 0 Å². The van der Waals surface area contributed by atoms with E-state index in [0.29, 0.717) is 23.3 Å². The van der Waals surface area contributed by atoms with Crippen molar-refractivity contribution in [2.45, 2.75) is 19.9 Å². The van der Waals surface area contributed by atoms with E-state index in [4.69, 9.17) is 0 Å². The van der Waals surface area contributed by atoms with Crippen LogP contribution in [0.4, 0.5) is 0 Å². The highest BCUT2D eigenvalue weighted by Gasteiger charge is 2.26. The highest BCUT2D eigenvalue weighted by molar-refractivity contribution is 5.78. The molecule has 0 fully saturated rings. The molecule has 124 valence electrons. The zero-order valence-electron chi connectivity index (χ0n) is 13.9. The van der Waals surface area contributed by atoms with E-state index in [2.05, 4.69) is 4.98 Å². The van der Waals surface area contributed by atoms with Crippen LogP contribution in [0.5, 0.6) is 5.88 Å². The van der Waals surface area contributed by atoms with E-state index < -0.39 is 0 Å². The molecule has 2 aromatic heterocycles. The molecule has 0 aliphatic carbocycles. The van der Waals surface area contributed by atoms with Gasteiger partial charge in [0.15, 0.2) is 11.1 Å². The Morgan fingerprint density at radius 1 is 1.08 bits per heavy atom. The van der Waals surface area contributed by atoms with Gasteiger partial charge in [0, 0.05) is 0 Å². The van der Waals surface area contributed by atoms with Crippen LogP contribution in [-0.2, 0) is 6.54 Å². The van der Waals surface area contributed by atoms with Gasteiger partial charge in [-0.1, -0.05) is 49.4 Å². The quantitative estimate of drug-likeness (QED) is 0.463. The third-order valence-electron chi connectivity index (χ3n) is 4.35. The number of aromatic nitrogens is 3. The van der Waals surface area contributed by atoms with Crippen LogP contribution < -0.4 is 10.1 Å². The molecule has 5 nitrogen and oxygen atoms in total. The van der Waals surface area contributed by atoms with Crippen LogP contribution in [0, 0.1) is 0 Å². The van der Waals surface area contributed by atoms with Gasteiger partial charge in [-0.3, -0.25) is 0 Å². The highest BCUT2D eigenvalue weighted by Crippen LogP contribution is 2.24. The van der Waals surface area contributed by atoms with Crippen molar-refractivity contribution in [1.29, 1.82) is 0 Å². The fraction of sp³-hybridized carbons (Fsp3) is 0.150. The van der Waals surface area contributed by atoms with Crippen LogP contribution in [0.15, 0.2) is 65.6 Å². The standard InChI is InChI=1S/C20H17N3O2/c1-2-12-22-17-13-21-15-10-6-7-11-16(15)23(17)20(25)18(19(22)24)14-8-4-3-5-9-14/h3-11,13H,2,12H2,1H3/p+1. The van der Waals surface area contributed by atoms with E-state index in [-0.39, 0.29) is 11.4 Å². The monoisotopic (exact) mass is 332 g/mol. The first kappa shape index (κ1) is 15.3. The summed E-state index contributed by atoms with van der Waals surface area (Å²) in [5, 5.41) is 10.8. The Kier molecular flexibility index (Phi) is 3.69. The van der Waals surface area contributed by atoms with E-state index in [1.807, 2.05) is 61.5 Å². The Morgan fingerprint density at radius 2 is 1.80 bits per heavy atom. The minimum Gasteiger partial charge on any atom is -0.477 e. The first-order chi connectivity index (χ1) is 12.2. The number of fused-ring (bicyclic) bond motifs is 3. The molecule has 0 radical (unpaired) electrons. The lowest BCUT2D eigenvalue weighted by atomic mass is 10.1. The lowest BCUT2D eigenvalue weighted by molar-refractivity contribution is -0.680. The molecule has 5 heteroatoms. The summed E-state index contributed by atoms with van der Waals surface area (Å²) >= 11 is 0. The molecule has 0 bridgehead atoms. The molecule has 2 heterocycles. The number of aryl methyl sites for hydroxylation is 1. The summed E-state index contributed by atoms with van der Waals surface area (Å²) < 4.78 is 3.39. The predicted molar refractivity (Wildman–Crippen MR) is 96.6 cm³/mol. The minimum absolute atomic E-state index is 0.0184. The number of hydrogen-bond donors (Lipinski definition) is 1. The second kappa shape index (κ2) is 6.02. The zero-order chi connectivity index (χ0) is 17.4. The van der Waals surface area contributed by atoms with E-state index >= 15 is 0 Å². The number of hydrogen-bond acceptors (Lipinski definition) is 3. The van der Waals surface area contributed by atoms with Crippen LogP contribution in [0.1, 0.15) is 13.3 Å². The maximum atomic E-state index is 13.3. The molecule has 0 unspecified atom stereocenters. The molecule has 0 aliphatic rings. The molecule has 25 heavy (non-hydrogen) atoms. The highest BCUT2D eigenvalue weighted by atomic mass is 16.3. The number of para-hydroxylation sites is 2. The third-order valence-corrected chi connectivity index (χ3v) is 4.35. The van der Waals surface area contributed by atoms with Crippen molar-refractivity contribution in [3.8, 4) is 17.0 Å². The Balaban J connectivity index is 2.23. The summed E-state index contributed by atoms with van der Waals surface area (Å²) in [7, 11) is 0. The maximum Gasteiger partial charge on any atom is 0.354 e. The average Bonchev–Trinajstić information content (AvgIpc) is 2.65. The first-order valence-corrected chi connectivity index (χ1v) is 8.33. The summed E-state index contributed by atoms with van der Waals surface area (Å²) in [5.41, 5.74) is 2.82. The second-order valence-corrected chi connectivity index (χ2v) is 5.96.